The van der Waals surface area contributed by atoms with E-state index in [9.17, 15) is 4.79 Å². The van der Waals surface area contributed by atoms with Crippen molar-refractivity contribution in [2.75, 3.05) is 5.73 Å². The fraction of sp³-hybridized carbons (Fsp3) is 0.0714. The molecule has 186 valence electrons. The number of hydrogen-bond donors (Lipinski definition) is 3. The first-order valence-corrected chi connectivity index (χ1v) is 11.9. The van der Waals surface area contributed by atoms with Crippen LogP contribution in [0, 0.1) is 0 Å². The molecule has 0 fully saturated rings. The van der Waals surface area contributed by atoms with Gasteiger partial charge in [-0.2, -0.15) is 4.98 Å². The average Bonchev–Trinajstić information content (AvgIpc) is 2.92. The maximum atomic E-state index is 13.4. The lowest BCUT2D eigenvalue weighted by Gasteiger charge is -2.15. The molecule has 9 heteroatoms. The summed E-state index contributed by atoms with van der Waals surface area (Å²) < 4.78 is 1.77. The zero-order chi connectivity index (χ0) is 26.4. The van der Waals surface area contributed by atoms with E-state index in [2.05, 4.69) is 21.0 Å². The van der Waals surface area contributed by atoms with Crippen molar-refractivity contribution >= 4 is 44.8 Å². The zero-order valence-corrected chi connectivity index (χ0v) is 20.9. The van der Waals surface area contributed by atoms with Crippen LogP contribution < -0.4 is 22.8 Å². The molecule has 0 aliphatic heterocycles. The van der Waals surface area contributed by atoms with Crippen molar-refractivity contribution in [1.82, 2.24) is 19.5 Å². The quantitative estimate of drug-likeness (QED) is 0.237. The Labute approximate surface area is 218 Å². The van der Waals surface area contributed by atoms with Gasteiger partial charge in [0.15, 0.2) is 5.82 Å². The molecule has 0 spiro atoms. The van der Waals surface area contributed by atoms with Crippen molar-refractivity contribution in [2.24, 2.45) is 11.5 Å². The Morgan fingerprint density at radius 1 is 1.03 bits per heavy atom. The van der Waals surface area contributed by atoms with Crippen molar-refractivity contribution in [3.63, 3.8) is 0 Å². The van der Waals surface area contributed by atoms with Gasteiger partial charge in [-0.1, -0.05) is 43.3 Å². The molecule has 0 saturated carbocycles. The number of hydrogen-bond acceptors (Lipinski definition) is 7. The second-order valence-corrected chi connectivity index (χ2v) is 8.30. The molecule has 0 amide bonds. The molecule has 5 rings (SSSR count). The van der Waals surface area contributed by atoms with Gasteiger partial charge in [-0.15, -0.1) is 0 Å². The van der Waals surface area contributed by atoms with Crippen LogP contribution in [0.1, 0.15) is 18.2 Å². The third-order valence-corrected chi connectivity index (χ3v) is 5.89. The van der Waals surface area contributed by atoms with Crippen LogP contribution in [-0.2, 0) is 6.42 Å². The van der Waals surface area contributed by atoms with E-state index >= 15 is 0 Å². The Bertz CT molecular complexity index is 1680. The second-order valence-electron chi connectivity index (χ2n) is 7.97. The number of aryl methyl sites for hydroxylation is 1. The molecule has 6 N–H and O–H groups in total. The van der Waals surface area contributed by atoms with Crippen molar-refractivity contribution in [2.45, 2.75) is 13.3 Å². The molecule has 5 aromatic rings. The van der Waals surface area contributed by atoms with Crippen molar-refractivity contribution in [1.29, 1.82) is 0 Å². The molecule has 2 aromatic carbocycles. The molecule has 3 heterocycles. The van der Waals surface area contributed by atoms with Gasteiger partial charge in [0.2, 0.25) is 5.28 Å². The molecule has 3 aromatic heterocycles. The summed E-state index contributed by atoms with van der Waals surface area (Å²) in [7, 11) is 0. The first-order chi connectivity index (χ1) is 18.0. The number of para-hydroxylation sites is 1. The molecule has 0 aliphatic carbocycles. The van der Waals surface area contributed by atoms with Crippen LogP contribution in [0.25, 0.3) is 33.1 Å². The van der Waals surface area contributed by atoms with E-state index in [4.69, 9.17) is 28.8 Å². The Morgan fingerprint density at radius 3 is 2.51 bits per heavy atom. The Hall–Kier alpha value is -4.69. The highest BCUT2D eigenvalue weighted by molar-refractivity contribution is 6.28. The molecule has 0 unspecified atom stereocenters. The van der Waals surface area contributed by atoms with E-state index in [0.29, 0.717) is 27.8 Å². The van der Waals surface area contributed by atoms with Crippen LogP contribution in [0.5, 0.6) is 0 Å². The van der Waals surface area contributed by atoms with Crippen LogP contribution in [-0.4, -0.2) is 19.5 Å². The summed E-state index contributed by atoms with van der Waals surface area (Å²) >= 11 is 5.59. The zero-order valence-electron chi connectivity index (χ0n) is 20.2. The van der Waals surface area contributed by atoms with Crippen LogP contribution in [0.4, 0.5) is 5.82 Å². The summed E-state index contributed by atoms with van der Waals surface area (Å²) in [5.41, 5.74) is 21.4. The molecule has 37 heavy (non-hydrogen) atoms. The number of rotatable bonds is 4. The smallest absolute Gasteiger partial charge is 0.263 e. The Balaban J connectivity index is 0.000000222. The minimum Gasteiger partial charge on any atom is -0.405 e. The normalized spacial score (nSPS) is 11.6. The van der Waals surface area contributed by atoms with Gasteiger partial charge >= 0.3 is 0 Å². The maximum absolute atomic E-state index is 13.4. The molecule has 0 aliphatic rings. The van der Waals surface area contributed by atoms with Crippen molar-refractivity contribution < 1.29 is 0 Å². The van der Waals surface area contributed by atoms with E-state index in [1.54, 1.807) is 29.0 Å². The fourth-order valence-electron chi connectivity index (χ4n) is 4.08. The lowest BCUT2D eigenvalue weighted by atomic mass is 9.98. The number of anilines is 1. The molecule has 0 saturated heterocycles. The highest BCUT2D eigenvalue weighted by atomic mass is 35.5. The summed E-state index contributed by atoms with van der Waals surface area (Å²) in [6.07, 6.45) is 6.99. The number of nitrogens with zero attached hydrogens (tertiary/aromatic N) is 4. The molecular weight excluding hydrogens is 486 g/mol. The lowest BCUT2D eigenvalue weighted by molar-refractivity contribution is 0.889. The number of allylic oxidation sites excluding steroid dienone is 2. The predicted octanol–water partition coefficient (Wildman–Crippen LogP) is 4.59. The first-order valence-electron chi connectivity index (χ1n) is 11.6. The van der Waals surface area contributed by atoms with E-state index in [-0.39, 0.29) is 10.8 Å². The molecule has 0 bridgehead atoms. The topological polar surface area (TPSA) is 139 Å². The summed E-state index contributed by atoms with van der Waals surface area (Å²) in [5, 5.41) is 1.68. The van der Waals surface area contributed by atoms with Crippen LogP contribution in [0.3, 0.4) is 0 Å². The molecule has 0 radical (unpaired) electrons. The van der Waals surface area contributed by atoms with Gasteiger partial charge in [0.25, 0.3) is 5.56 Å². The number of nitrogens with two attached hydrogens (primary N) is 3. The summed E-state index contributed by atoms with van der Waals surface area (Å²) in [5.74, 6) is 0.311. The van der Waals surface area contributed by atoms with Gasteiger partial charge in [0.05, 0.1) is 10.9 Å². The number of nitrogen functional groups attached to an aromatic ring is 1. The van der Waals surface area contributed by atoms with Crippen LogP contribution in [0.15, 0.2) is 96.2 Å². The van der Waals surface area contributed by atoms with Crippen molar-refractivity contribution in [3.8, 4) is 5.69 Å². The second kappa shape index (κ2) is 11.4. The third kappa shape index (κ3) is 5.29. The van der Waals surface area contributed by atoms with Crippen LogP contribution in [0.2, 0.25) is 5.28 Å². The van der Waals surface area contributed by atoms with Gasteiger partial charge in [-0.3, -0.25) is 14.3 Å². The molecular formula is C28H26ClN7O. The van der Waals surface area contributed by atoms with Gasteiger partial charge < -0.3 is 17.2 Å². The van der Waals surface area contributed by atoms with E-state index in [1.807, 2.05) is 55.5 Å². The van der Waals surface area contributed by atoms with Gasteiger partial charge in [-0.05, 0) is 77.2 Å². The van der Waals surface area contributed by atoms with Gasteiger partial charge in [0, 0.05) is 23.8 Å². The number of benzene rings is 2. The maximum Gasteiger partial charge on any atom is 0.263 e. The Kier molecular flexibility index (Phi) is 7.80. The minimum absolute atomic E-state index is 0.0547. The average molecular weight is 512 g/mol. The first kappa shape index (κ1) is 25.4. The van der Waals surface area contributed by atoms with Crippen LogP contribution >= 0.6 is 11.6 Å². The summed E-state index contributed by atoms with van der Waals surface area (Å²) in [6, 6.07) is 21.1. The number of halogens is 1. The van der Waals surface area contributed by atoms with E-state index < -0.39 is 0 Å². The highest BCUT2D eigenvalue weighted by Crippen LogP contribution is 2.25. The lowest BCUT2D eigenvalue weighted by Crippen LogP contribution is -2.22. The SMILES string of the molecule is CCc1cc2cccc(C(/C=C\N)=C/N)c2c(=O)n1-c1ccccc1.Nc1nc(Cl)nc2cccnc12. The number of fused-ring (bicyclic) bond motifs is 2. The Morgan fingerprint density at radius 2 is 1.81 bits per heavy atom. The third-order valence-electron chi connectivity index (χ3n) is 5.72. The predicted molar refractivity (Wildman–Crippen MR) is 151 cm³/mol. The van der Waals surface area contributed by atoms with Gasteiger partial charge in [-0.25, -0.2) is 4.98 Å². The monoisotopic (exact) mass is 511 g/mol. The van der Waals surface area contributed by atoms with E-state index in [0.717, 1.165) is 28.8 Å². The number of pyridine rings is 2. The summed E-state index contributed by atoms with van der Waals surface area (Å²) in [6.45, 7) is 2.05. The molecule has 8 nitrogen and oxygen atoms in total. The summed E-state index contributed by atoms with van der Waals surface area (Å²) in [4.78, 5) is 25.1. The largest absolute Gasteiger partial charge is 0.405 e. The minimum atomic E-state index is -0.0547. The number of aromatic nitrogens is 4. The standard InChI is InChI=1S/C21H21N3O.C7H5ClN4/c1-2-17-13-15-7-6-10-19(16(14-23)11-12-22)20(15)21(25)24(17)18-8-4-3-5-9-18;8-7-11-4-2-1-3-10-5(4)6(9)12-7/h3-14H,2,22-23H2,1H3;1-3H,(H2,9,11,12)/b12-11-,16-14+;. The fourth-order valence-corrected chi connectivity index (χ4v) is 4.26. The van der Waals surface area contributed by atoms with Crippen molar-refractivity contribution in [3.05, 3.63) is 118 Å². The van der Waals surface area contributed by atoms with Gasteiger partial charge in [0.1, 0.15) is 5.52 Å². The van der Waals surface area contributed by atoms with E-state index in [1.165, 1.54) is 12.4 Å². The molecule has 0 atom stereocenters. The highest BCUT2D eigenvalue weighted by Gasteiger charge is 2.14.